The van der Waals surface area contributed by atoms with Gasteiger partial charge in [0.2, 0.25) is 0 Å². The lowest BCUT2D eigenvalue weighted by Crippen LogP contribution is -2.41. The standard InChI is InChI=1S/C17H32O4S3.H2S.2H2/c1-2-6-18-13-17(14-19-7-3-10-22,15-20-8-4-11-23)16-21-9-5-12-24;;;/h6,22-24H,1,3-5,7-16H2;1H2;2*1H. The van der Waals surface area contributed by atoms with Gasteiger partial charge in [-0.1, -0.05) is 12.3 Å². The highest BCUT2D eigenvalue weighted by atomic mass is 32.1. The molecule has 0 aliphatic carbocycles. The molecule has 0 atom stereocenters. The van der Waals surface area contributed by atoms with Crippen LogP contribution in [0.3, 0.4) is 0 Å². The van der Waals surface area contributed by atoms with Crippen LogP contribution in [-0.2, 0) is 18.9 Å². The third-order valence-electron chi connectivity index (χ3n) is 3.12. The second-order valence-corrected chi connectivity index (χ2v) is 6.86. The van der Waals surface area contributed by atoms with Gasteiger partial charge in [-0.05, 0) is 36.5 Å². The van der Waals surface area contributed by atoms with E-state index in [4.69, 9.17) is 18.9 Å². The number of hydrogen-bond acceptors (Lipinski definition) is 7. The first-order valence-electron chi connectivity index (χ1n) is 8.26. The van der Waals surface area contributed by atoms with E-state index in [-0.39, 0.29) is 21.8 Å². The topological polar surface area (TPSA) is 36.9 Å². The third-order valence-corrected chi connectivity index (χ3v) is 4.07. The van der Waals surface area contributed by atoms with Crippen LogP contribution in [-0.4, -0.2) is 63.5 Å². The molecule has 0 amide bonds. The predicted molar refractivity (Wildman–Crippen MR) is 125 cm³/mol. The van der Waals surface area contributed by atoms with E-state index < -0.39 is 0 Å². The lowest BCUT2D eigenvalue weighted by Gasteiger charge is -2.32. The molecule has 8 heteroatoms. The largest absolute Gasteiger partial charge is 0.492 e. The van der Waals surface area contributed by atoms with Crippen molar-refractivity contribution < 1.29 is 21.8 Å². The summed E-state index contributed by atoms with van der Waals surface area (Å²) < 4.78 is 23.0. The number of rotatable bonds is 18. The van der Waals surface area contributed by atoms with Crippen LogP contribution in [0.2, 0.25) is 0 Å². The average Bonchev–Trinajstić information content (AvgIpc) is 2.60. The van der Waals surface area contributed by atoms with Gasteiger partial charge in [0.15, 0.2) is 0 Å². The number of thiol groups is 3. The second-order valence-electron chi connectivity index (χ2n) is 5.52. The smallest absolute Gasteiger partial charge is 0.124 e. The maximum absolute atomic E-state index is 5.82. The Morgan fingerprint density at radius 2 is 1.20 bits per heavy atom. The molecule has 4 nitrogen and oxygen atoms in total. The van der Waals surface area contributed by atoms with Gasteiger partial charge in [0, 0.05) is 22.7 Å². The first-order chi connectivity index (χ1) is 11.7. The van der Waals surface area contributed by atoms with Crippen LogP contribution in [0.25, 0.3) is 0 Å². The van der Waals surface area contributed by atoms with Crippen LogP contribution in [0.15, 0.2) is 18.6 Å². The molecule has 0 unspecified atom stereocenters. The summed E-state index contributed by atoms with van der Waals surface area (Å²) in [6.07, 6.45) is 4.19. The Labute approximate surface area is 179 Å². The van der Waals surface area contributed by atoms with E-state index in [1.807, 2.05) is 0 Å². The second kappa shape index (κ2) is 20.9. The SMILES string of the molecule is C=C=COCC(COCCCS)(COCCCS)COCCCS.S.[HH].[HH]. The molecule has 0 aliphatic rings. The summed E-state index contributed by atoms with van der Waals surface area (Å²) in [5, 5.41) is 0. The molecule has 0 N–H and O–H groups in total. The highest BCUT2D eigenvalue weighted by molar-refractivity contribution is 7.80. The molecule has 0 radical (unpaired) electrons. The van der Waals surface area contributed by atoms with Gasteiger partial charge in [0.25, 0.3) is 0 Å². The van der Waals surface area contributed by atoms with Crippen LogP contribution in [0.4, 0.5) is 0 Å². The third kappa shape index (κ3) is 16.5. The number of ether oxygens (including phenoxy) is 4. The summed E-state index contributed by atoms with van der Waals surface area (Å²) in [6, 6.07) is 0. The summed E-state index contributed by atoms with van der Waals surface area (Å²) in [6.45, 7) is 7.45. The maximum Gasteiger partial charge on any atom is 0.124 e. The molecule has 154 valence electrons. The fourth-order valence-electron chi connectivity index (χ4n) is 1.89. The fraction of sp³-hybridized carbons (Fsp3) is 0.824. The molecule has 0 spiro atoms. The Bertz CT molecular complexity index is 305. The molecule has 0 aromatic carbocycles. The van der Waals surface area contributed by atoms with E-state index in [1.54, 1.807) is 0 Å². The molecule has 0 saturated carbocycles. The highest BCUT2D eigenvalue weighted by Crippen LogP contribution is 2.21. The molecule has 0 aliphatic heterocycles. The van der Waals surface area contributed by atoms with Gasteiger partial charge >= 0.3 is 0 Å². The van der Waals surface area contributed by atoms with E-state index in [1.165, 1.54) is 6.26 Å². The Kier molecular flexibility index (Phi) is 23.3. The van der Waals surface area contributed by atoms with Crippen LogP contribution in [0.5, 0.6) is 0 Å². The Morgan fingerprint density at radius 3 is 1.52 bits per heavy atom. The first-order valence-corrected chi connectivity index (χ1v) is 10.2. The van der Waals surface area contributed by atoms with E-state index >= 15 is 0 Å². The molecule has 0 bridgehead atoms. The summed E-state index contributed by atoms with van der Waals surface area (Å²) in [5.41, 5.74) is 2.26. The van der Waals surface area contributed by atoms with Crippen LogP contribution in [0.1, 0.15) is 22.1 Å². The van der Waals surface area contributed by atoms with Crippen molar-refractivity contribution in [3.63, 3.8) is 0 Å². The van der Waals surface area contributed by atoms with Crippen molar-refractivity contribution in [1.82, 2.24) is 0 Å². The molecule has 25 heavy (non-hydrogen) atoms. The quantitative estimate of drug-likeness (QED) is 0.132. The predicted octanol–water partition coefficient (Wildman–Crippen LogP) is 3.90. The minimum absolute atomic E-state index is 0. The highest BCUT2D eigenvalue weighted by Gasteiger charge is 2.32. The first kappa shape index (κ1) is 27.8. The van der Waals surface area contributed by atoms with Gasteiger partial charge in [-0.3, -0.25) is 0 Å². The minimum Gasteiger partial charge on any atom is -0.492 e. The summed E-state index contributed by atoms with van der Waals surface area (Å²) in [7, 11) is 0. The molecule has 0 rings (SSSR count). The van der Waals surface area contributed by atoms with E-state index in [0.717, 1.165) is 36.5 Å². The molecular formula is C17H38O4S4. The van der Waals surface area contributed by atoms with E-state index in [0.29, 0.717) is 46.2 Å². The Balaban J connectivity index is -0.000000882. The number of hydrogen-bond donors (Lipinski definition) is 3. The molecule has 0 fully saturated rings. The zero-order valence-electron chi connectivity index (χ0n) is 15.0. The molecular weight excluding hydrogens is 396 g/mol. The van der Waals surface area contributed by atoms with Crippen molar-refractivity contribution in [2.24, 2.45) is 5.41 Å². The van der Waals surface area contributed by atoms with Crippen LogP contribution < -0.4 is 0 Å². The maximum atomic E-state index is 5.82. The van der Waals surface area contributed by atoms with Crippen molar-refractivity contribution in [3.05, 3.63) is 18.6 Å². The van der Waals surface area contributed by atoms with Gasteiger partial charge in [-0.2, -0.15) is 51.4 Å². The zero-order valence-corrected chi connectivity index (χ0v) is 18.6. The molecule has 0 aromatic rings. The summed E-state index contributed by atoms with van der Waals surface area (Å²) in [5.74, 6) is 2.42. The Morgan fingerprint density at radius 1 is 0.800 bits per heavy atom. The van der Waals surface area contributed by atoms with Crippen molar-refractivity contribution in [2.75, 3.05) is 63.5 Å². The van der Waals surface area contributed by atoms with E-state index in [2.05, 4.69) is 50.2 Å². The van der Waals surface area contributed by atoms with Gasteiger partial charge in [0.05, 0.1) is 25.2 Å². The average molecular weight is 435 g/mol. The lowest BCUT2D eigenvalue weighted by atomic mass is 9.92. The fourth-order valence-corrected chi connectivity index (χ4v) is 2.28. The van der Waals surface area contributed by atoms with E-state index in [9.17, 15) is 0 Å². The van der Waals surface area contributed by atoms with Gasteiger partial charge in [0.1, 0.15) is 12.9 Å². The Hall–Kier alpha value is 0.600. The molecule has 0 aromatic heterocycles. The van der Waals surface area contributed by atoms with Gasteiger partial charge < -0.3 is 18.9 Å². The summed E-state index contributed by atoms with van der Waals surface area (Å²) >= 11 is 12.6. The van der Waals surface area contributed by atoms with Crippen molar-refractivity contribution >= 4 is 51.4 Å². The zero-order chi connectivity index (χ0) is 17.9. The lowest BCUT2D eigenvalue weighted by molar-refractivity contribution is -0.0942. The normalized spacial score (nSPS) is 10.8. The molecule has 0 saturated heterocycles. The van der Waals surface area contributed by atoms with Crippen molar-refractivity contribution in [3.8, 4) is 0 Å². The van der Waals surface area contributed by atoms with Crippen molar-refractivity contribution in [1.29, 1.82) is 0 Å². The van der Waals surface area contributed by atoms with Gasteiger partial charge in [-0.25, -0.2) is 0 Å². The minimum atomic E-state index is -0.364. The van der Waals surface area contributed by atoms with Crippen LogP contribution in [0, 0.1) is 5.41 Å². The summed E-state index contributed by atoms with van der Waals surface area (Å²) in [4.78, 5) is 0. The molecule has 0 heterocycles. The monoisotopic (exact) mass is 434 g/mol. The van der Waals surface area contributed by atoms with Crippen molar-refractivity contribution in [2.45, 2.75) is 19.3 Å². The van der Waals surface area contributed by atoms with Gasteiger partial charge in [-0.15, -0.1) is 0 Å². The van der Waals surface area contributed by atoms with Crippen LogP contribution >= 0.6 is 51.4 Å².